The monoisotopic (exact) mass is 1490 g/mol. The van der Waals surface area contributed by atoms with Gasteiger partial charge in [0.25, 0.3) is 0 Å². The Morgan fingerprint density at radius 2 is 0.486 bits per heavy atom. The Balaban J connectivity index is 0.000000343. The van der Waals surface area contributed by atoms with Gasteiger partial charge in [0.05, 0.1) is 0 Å². The maximum Gasteiger partial charge on any atom is 0.0158 e. The highest BCUT2D eigenvalue weighted by Crippen LogP contribution is 2.50. The van der Waals surface area contributed by atoms with E-state index < -0.39 is 0 Å². The summed E-state index contributed by atoms with van der Waals surface area (Å²) in [6, 6.07) is 15.2. The minimum atomic E-state index is 0. The molecule has 0 unspecified atom stereocenters. The average Bonchev–Trinajstić information content (AvgIpc) is 0.823. The zero-order valence-electron chi connectivity index (χ0n) is 79.4. The van der Waals surface area contributed by atoms with E-state index in [-0.39, 0.29) is 49.3 Å². The fraction of sp³-hybridized carbons (Fsp3) is 0.824. The van der Waals surface area contributed by atoms with Gasteiger partial charge in [-0.15, -0.1) is 0 Å². The summed E-state index contributed by atoms with van der Waals surface area (Å²) in [5.74, 6) is 8.43. The van der Waals surface area contributed by atoms with Crippen LogP contribution < -0.4 is 0 Å². The molecule has 6 fully saturated rings. The summed E-state index contributed by atoms with van der Waals surface area (Å²) in [5.41, 5.74) is 21.7. The largest absolute Gasteiger partial charge is 0.296 e. The minimum absolute atomic E-state index is 0. The zero-order chi connectivity index (χ0) is 81.2. The Hall–Kier alpha value is -2.20. The first-order valence-electron chi connectivity index (χ1n) is 44.7. The molecule has 109 heavy (non-hydrogen) atoms. The fourth-order valence-electron chi connectivity index (χ4n) is 23.5. The van der Waals surface area contributed by atoms with E-state index in [2.05, 4.69) is 316 Å². The molecule has 3 heterocycles. The fourth-order valence-corrected chi connectivity index (χ4v) is 23.5. The molecule has 0 spiro atoms. The standard InChI is InChI=1S/C40H69N.C34H59N.C28H49N.B2.2B/c1-28-35(37(2,3)4)24-33(25-36(28)38(5,6)7)22-31-17-13-29(14-18-31)21-30-15-19-32(20-16-30)23-34-26-39(8,9)41(12)40(10,11)27-34;1-24-29(31(2,3)4)20-27(21-30(24)32(5,6)7)18-15-25-13-16-26(17-14-25)19-28-22-33(8,9)35(12)34(10,11)23-28;1-20-23(25(2,3)4)16-21(17-24(20)26(5,6)7)14-13-15-22-18-27(8,9)29(12)28(10,11)19-22;1-2;;/h24-25,29-32,34H,13-23,26-27H2,1-12H3;20-21,25-26,28H,13-19,22-23H2,1-12H3;16-17,22H,13-15,18-19H2,1-12H3;;;. The normalized spacial score (nSPS) is 25.2. The second-order valence-corrected chi connectivity index (χ2v) is 47.8. The Labute approximate surface area is 687 Å². The van der Waals surface area contributed by atoms with Crippen LogP contribution in [0.3, 0.4) is 0 Å². The van der Waals surface area contributed by atoms with E-state index in [0.29, 0.717) is 33.2 Å². The van der Waals surface area contributed by atoms with E-state index in [0.717, 1.165) is 53.3 Å². The van der Waals surface area contributed by atoms with Crippen molar-refractivity contribution in [3.63, 3.8) is 0 Å². The van der Waals surface area contributed by atoms with E-state index >= 15 is 0 Å². The number of hydrogen-bond donors (Lipinski definition) is 0. The predicted octanol–water partition coefficient (Wildman–Crippen LogP) is 27.3. The first-order valence-corrected chi connectivity index (χ1v) is 44.7. The summed E-state index contributed by atoms with van der Waals surface area (Å²) in [6.45, 7) is 79.2. The van der Waals surface area contributed by atoms with Crippen LogP contribution in [-0.2, 0) is 51.8 Å². The van der Waals surface area contributed by atoms with Crippen LogP contribution in [0.4, 0.5) is 0 Å². The van der Waals surface area contributed by atoms with Crippen molar-refractivity contribution in [1.82, 2.24) is 14.7 Å². The summed E-state index contributed by atoms with van der Waals surface area (Å²) in [5, 5.41) is 0. The topological polar surface area (TPSA) is 9.72 Å². The highest BCUT2D eigenvalue weighted by Gasteiger charge is 2.47. The lowest BCUT2D eigenvalue weighted by Gasteiger charge is -2.54. The van der Waals surface area contributed by atoms with Crippen LogP contribution >= 0.6 is 0 Å². The molecule has 3 aliphatic heterocycles. The number of likely N-dealkylation sites (tertiary alicyclic amines) is 3. The smallest absolute Gasteiger partial charge is 0.0158 e. The Morgan fingerprint density at radius 3 is 0.734 bits per heavy atom. The van der Waals surface area contributed by atoms with Gasteiger partial charge in [0, 0.05) is 65.5 Å². The van der Waals surface area contributed by atoms with E-state index in [4.69, 9.17) is 0 Å². The lowest BCUT2D eigenvalue weighted by Crippen LogP contribution is -2.58. The van der Waals surface area contributed by atoms with Crippen LogP contribution in [0.2, 0.25) is 0 Å². The molecule has 9 rings (SSSR count). The van der Waals surface area contributed by atoms with E-state index in [1.54, 1.807) is 33.4 Å². The van der Waals surface area contributed by atoms with Crippen molar-refractivity contribution < 1.29 is 0 Å². The number of benzene rings is 3. The van der Waals surface area contributed by atoms with Gasteiger partial charge in [0.15, 0.2) is 0 Å². The van der Waals surface area contributed by atoms with Gasteiger partial charge >= 0.3 is 0 Å². The van der Waals surface area contributed by atoms with Gasteiger partial charge in [-0.25, -0.2) is 0 Å². The van der Waals surface area contributed by atoms with Crippen LogP contribution in [0.15, 0.2) is 36.4 Å². The number of aryl methyl sites for hydroxylation is 2. The van der Waals surface area contributed by atoms with Crippen LogP contribution in [0.25, 0.3) is 0 Å². The molecular formula is C102H177B4N3. The lowest BCUT2D eigenvalue weighted by atomic mass is 9.68. The molecular weight excluding hydrogens is 1310 g/mol. The Morgan fingerprint density at radius 1 is 0.284 bits per heavy atom. The van der Waals surface area contributed by atoms with Crippen molar-refractivity contribution in [2.45, 2.75) is 468 Å². The third-order valence-electron chi connectivity index (χ3n) is 29.8. The van der Waals surface area contributed by atoms with Crippen molar-refractivity contribution >= 4 is 32.3 Å². The predicted molar refractivity (Wildman–Crippen MR) is 490 cm³/mol. The third kappa shape index (κ3) is 27.2. The van der Waals surface area contributed by atoms with Gasteiger partial charge in [0.2, 0.25) is 0 Å². The summed E-state index contributed by atoms with van der Waals surface area (Å²) in [4.78, 5) is 7.88. The van der Waals surface area contributed by atoms with Crippen LogP contribution in [0.1, 0.15) is 429 Å². The third-order valence-corrected chi connectivity index (χ3v) is 29.8. The minimum Gasteiger partial charge on any atom is -0.296 e. The first kappa shape index (κ1) is 99.2. The van der Waals surface area contributed by atoms with Gasteiger partial charge < -0.3 is 0 Å². The number of nitrogens with zero attached hydrogens (tertiary/aromatic N) is 3. The molecule has 3 saturated carbocycles. The van der Waals surface area contributed by atoms with Crippen molar-refractivity contribution in [3.05, 3.63) is 103 Å². The second-order valence-electron chi connectivity index (χ2n) is 47.8. The molecule has 0 bridgehead atoms. The van der Waals surface area contributed by atoms with Gasteiger partial charge in [-0.05, 0) is 387 Å². The molecule has 10 radical (unpaired) electrons. The summed E-state index contributed by atoms with van der Waals surface area (Å²) in [7, 11) is 15.0. The number of rotatable bonds is 15. The van der Waals surface area contributed by atoms with Gasteiger partial charge in [0.1, 0.15) is 0 Å². The molecule has 3 nitrogen and oxygen atoms in total. The SMILES string of the molecule is Cc1c(C(C)(C)C)cc(CC2CCC(CC3CCC(CC4CC(C)(C)N(C)C(C)(C)C4)CC3)CC2)cc1C(C)(C)C.Cc1c(C(C)(C)C)cc(CCC2CCC(CC3CC(C)(C)N(C)C(C)(C)C3)CC2)cc1C(C)(C)C.Cc1c(C(C)(C)C)cc(CCCC2CC(C)(C)N(C)C(C)(C)C2)cc1C(C)(C)C.[B].[B].[B][B]. The van der Waals surface area contributed by atoms with E-state index in [1.165, 1.54) is 207 Å². The first-order chi connectivity index (χ1) is 48.7. The molecule has 3 aromatic carbocycles. The Kier molecular flexibility index (Phi) is 34.6. The molecule has 0 aromatic heterocycles. The van der Waals surface area contributed by atoms with Crippen LogP contribution in [0, 0.1) is 74.0 Å². The van der Waals surface area contributed by atoms with E-state index in [9.17, 15) is 0 Å². The summed E-state index contributed by atoms with van der Waals surface area (Å²) < 4.78 is 0. The molecule has 3 aromatic rings. The van der Waals surface area contributed by atoms with Crippen molar-refractivity contribution in [1.29, 1.82) is 0 Å². The Bertz CT molecular complexity index is 3110. The van der Waals surface area contributed by atoms with Crippen LogP contribution in [0.5, 0.6) is 0 Å². The molecule has 0 amide bonds. The lowest BCUT2D eigenvalue weighted by molar-refractivity contribution is -0.0368. The quantitative estimate of drug-likeness (QED) is 0.140. The molecule has 7 heteroatoms. The molecule has 3 saturated heterocycles. The zero-order valence-corrected chi connectivity index (χ0v) is 79.4. The number of piperidine rings is 3. The van der Waals surface area contributed by atoms with Gasteiger partial charge in [-0.3, -0.25) is 14.7 Å². The summed E-state index contributed by atoms with van der Waals surface area (Å²) >= 11 is 0. The van der Waals surface area contributed by atoms with Gasteiger partial charge in [-0.2, -0.15) is 0 Å². The molecule has 3 aliphatic carbocycles. The molecule has 0 N–H and O–H groups in total. The highest BCUT2D eigenvalue weighted by molar-refractivity contribution is 6.75. The van der Waals surface area contributed by atoms with Crippen molar-refractivity contribution in [3.8, 4) is 0 Å². The molecule has 0 atom stereocenters. The second kappa shape index (κ2) is 38.0. The average molecular weight is 1490 g/mol. The summed E-state index contributed by atoms with van der Waals surface area (Å²) in [6.07, 6.45) is 38.1. The molecule has 612 valence electrons. The molecule has 6 aliphatic rings. The van der Waals surface area contributed by atoms with Crippen molar-refractivity contribution in [2.75, 3.05) is 21.1 Å². The van der Waals surface area contributed by atoms with E-state index in [1.807, 2.05) is 0 Å². The van der Waals surface area contributed by atoms with Crippen LogP contribution in [-0.4, -0.2) is 101 Å². The van der Waals surface area contributed by atoms with Gasteiger partial charge in [-0.1, -0.05) is 225 Å². The highest BCUT2D eigenvalue weighted by atomic mass is 15.2. The maximum atomic E-state index is 4.00. The van der Waals surface area contributed by atoms with Crippen molar-refractivity contribution in [2.24, 2.45) is 53.3 Å². The maximum absolute atomic E-state index is 4.00. The number of hydrogen-bond acceptors (Lipinski definition) is 3.